The van der Waals surface area contributed by atoms with Crippen LogP contribution in [0.5, 0.6) is 0 Å². The van der Waals surface area contributed by atoms with Crippen LogP contribution in [0.25, 0.3) is 0 Å². The van der Waals surface area contributed by atoms with Crippen LogP contribution >= 0.6 is 0 Å². The predicted molar refractivity (Wildman–Crippen MR) is 78.7 cm³/mol. The third-order valence-corrected chi connectivity index (χ3v) is 3.41. The molecule has 1 heterocycles. The van der Waals surface area contributed by atoms with E-state index in [-0.39, 0.29) is 5.91 Å². The van der Waals surface area contributed by atoms with E-state index >= 15 is 0 Å². The zero-order chi connectivity index (χ0) is 13.9. The topological polar surface area (TPSA) is 60.1 Å². The van der Waals surface area contributed by atoms with Crippen LogP contribution in [0.4, 0.5) is 0 Å². The molecule has 0 aliphatic carbocycles. The minimum atomic E-state index is 0.158. The van der Waals surface area contributed by atoms with Crippen molar-refractivity contribution in [2.24, 2.45) is 11.7 Å². The van der Waals surface area contributed by atoms with Gasteiger partial charge in [-0.05, 0) is 37.4 Å². The van der Waals surface area contributed by atoms with Gasteiger partial charge in [0, 0.05) is 31.9 Å². The summed E-state index contributed by atoms with van der Waals surface area (Å²) in [6, 6.07) is 3.98. The molecule has 1 atom stereocenters. The van der Waals surface area contributed by atoms with Crippen LogP contribution in [-0.2, 0) is 11.3 Å². The Labute approximate surface area is 116 Å². The predicted octanol–water partition coefficient (Wildman–Crippen LogP) is 2.15. The summed E-state index contributed by atoms with van der Waals surface area (Å²) in [6.45, 7) is 4.43. The number of aromatic nitrogens is 1. The Hall–Kier alpha value is -1.29. The molecule has 0 fully saturated rings. The number of nitrogens with zero attached hydrogens (tertiary/aromatic N) is 1. The minimum Gasteiger partial charge on any atom is -0.354 e. The van der Waals surface area contributed by atoms with Crippen LogP contribution in [0.1, 0.15) is 39.0 Å². The summed E-state index contributed by atoms with van der Waals surface area (Å²) in [6.07, 6.45) is 8.96. The van der Waals surface area contributed by atoms with Crippen molar-refractivity contribution in [3.05, 3.63) is 24.5 Å². The molecule has 4 nitrogen and oxygen atoms in total. The maximum atomic E-state index is 11.7. The van der Waals surface area contributed by atoms with Gasteiger partial charge in [0.05, 0.1) is 0 Å². The summed E-state index contributed by atoms with van der Waals surface area (Å²) < 4.78 is 2.06. The van der Waals surface area contributed by atoms with E-state index in [0.29, 0.717) is 18.9 Å². The summed E-state index contributed by atoms with van der Waals surface area (Å²) in [4.78, 5) is 11.7. The zero-order valence-corrected chi connectivity index (χ0v) is 12.0. The van der Waals surface area contributed by atoms with Crippen LogP contribution in [0.2, 0.25) is 0 Å². The molecule has 1 aromatic heterocycles. The quantitative estimate of drug-likeness (QED) is 0.681. The molecule has 1 amide bonds. The van der Waals surface area contributed by atoms with Gasteiger partial charge in [-0.1, -0.05) is 19.8 Å². The smallest absolute Gasteiger partial charge is 0.220 e. The number of nitrogens with two attached hydrogens (primary N) is 1. The van der Waals surface area contributed by atoms with Crippen LogP contribution in [0.3, 0.4) is 0 Å². The Morgan fingerprint density at radius 2 is 2.00 bits per heavy atom. The van der Waals surface area contributed by atoms with E-state index in [4.69, 9.17) is 5.73 Å². The van der Waals surface area contributed by atoms with E-state index in [1.54, 1.807) is 0 Å². The first kappa shape index (κ1) is 15.8. The fourth-order valence-electron chi connectivity index (χ4n) is 2.34. The van der Waals surface area contributed by atoms with Gasteiger partial charge in [-0.15, -0.1) is 0 Å². The molecule has 19 heavy (non-hydrogen) atoms. The molecule has 0 aliphatic heterocycles. The standard InChI is InChI=1S/C15H27N3O/c1-2-5-14(8-9-16)6-7-15(19)17-10-13-18-11-3-4-12-18/h3-4,11-12,14H,2,5-10,13,16H2,1H3,(H,17,19). The first-order chi connectivity index (χ1) is 9.26. The van der Waals surface area contributed by atoms with Gasteiger partial charge in [-0.3, -0.25) is 4.79 Å². The van der Waals surface area contributed by atoms with Crippen molar-refractivity contribution in [3.8, 4) is 0 Å². The van der Waals surface area contributed by atoms with Crippen molar-refractivity contribution in [1.29, 1.82) is 0 Å². The normalized spacial score (nSPS) is 12.3. The molecule has 108 valence electrons. The summed E-state index contributed by atoms with van der Waals surface area (Å²) in [5, 5.41) is 2.97. The second-order valence-corrected chi connectivity index (χ2v) is 5.04. The number of nitrogens with one attached hydrogen (secondary N) is 1. The van der Waals surface area contributed by atoms with Crippen molar-refractivity contribution in [2.75, 3.05) is 13.1 Å². The first-order valence-corrected chi connectivity index (χ1v) is 7.33. The van der Waals surface area contributed by atoms with Crippen molar-refractivity contribution in [2.45, 2.75) is 45.6 Å². The van der Waals surface area contributed by atoms with E-state index in [9.17, 15) is 4.79 Å². The van der Waals surface area contributed by atoms with E-state index < -0.39 is 0 Å². The van der Waals surface area contributed by atoms with Gasteiger partial charge in [0.1, 0.15) is 0 Å². The Bertz CT molecular complexity index is 329. The Morgan fingerprint density at radius 1 is 1.26 bits per heavy atom. The number of carbonyl (C=O) groups excluding carboxylic acids is 1. The Morgan fingerprint density at radius 3 is 2.63 bits per heavy atom. The lowest BCUT2D eigenvalue weighted by molar-refractivity contribution is -0.121. The first-order valence-electron chi connectivity index (χ1n) is 7.33. The highest BCUT2D eigenvalue weighted by Crippen LogP contribution is 2.16. The fraction of sp³-hybridized carbons (Fsp3) is 0.667. The molecule has 3 N–H and O–H groups in total. The molecule has 4 heteroatoms. The zero-order valence-electron chi connectivity index (χ0n) is 12.0. The molecule has 1 rings (SSSR count). The van der Waals surface area contributed by atoms with Crippen LogP contribution in [0.15, 0.2) is 24.5 Å². The molecule has 0 bridgehead atoms. The SMILES string of the molecule is CCCC(CCN)CCC(=O)NCCn1cccc1. The molecule has 0 aromatic carbocycles. The molecule has 0 saturated heterocycles. The highest BCUT2D eigenvalue weighted by molar-refractivity contribution is 5.75. The van der Waals surface area contributed by atoms with Gasteiger partial charge in [-0.25, -0.2) is 0 Å². The Balaban J connectivity index is 2.12. The van der Waals surface area contributed by atoms with Crippen molar-refractivity contribution in [1.82, 2.24) is 9.88 Å². The summed E-state index contributed by atoms with van der Waals surface area (Å²) in [5.74, 6) is 0.760. The molecule has 0 saturated carbocycles. The van der Waals surface area contributed by atoms with Gasteiger partial charge in [0.15, 0.2) is 0 Å². The van der Waals surface area contributed by atoms with Crippen LogP contribution in [0, 0.1) is 5.92 Å². The van der Waals surface area contributed by atoms with Gasteiger partial charge in [0.2, 0.25) is 5.91 Å². The third-order valence-electron chi connectivity index (χ3n) is 3.41. The lowest BCUT2D eigenvalue weighted by atomic mass is 9.94. The third kappa shape index (κ3) is 7.01. The average molecular weight is 265 g/mol. The molecular formula is C15H27N3O. The maximum Gasteiger partial charge on any atom is 0.220 e. The molecule has 0 aliphatic rings. The van der Waals surface area contributed by atoms with Gasteiger partial charge < -0.3 is 15.6 Å². The summed E-state index contributed by atoms with van der Waals surface area (Å²) >= 11 is 0. The number of hydrogen-bond acceptors (Lipinski definition) is 2. The molecule has 1 aromatic rings. The molecule has 0 radical (unpaired) electrons. The van der Waals surface area contributed by atoms with E-state index in [0.717, 1.165) is 25.9 Å². The van der Waals surface area contributed by atoms with Gasteiger partial charge in [-0.2, -0.15) is 0 Å². The second kappa shape index (κ2) is 9.62. The Kier molecular flexibility index (Phi) is 7.98. The fourth-order valence-corrected chi connectivity index (χ4v) is 2.34. The van der Waals surface area contributed by atoms with E-state index in [2.05, 4.69) is 16.8 Å². The number of rotatable bonds is 10. The lowest BCUT2D eigenvalue weighted by Crippen LogP contribution is -2.27. The molecular weight excluding hydrogens is 238 g/mol. The lowest BCUT2D eigenvalue weighted by Gasteiger charge is -2.14. The minimum absolute atomic E-state index is 0.158. The molecule has 0 spiro atoms. The summed E-state index contributed by atoms with van der Waals surface area (Å²) in [7, 11) is 0. The average Bonchev–Trinajstić information content (AvgIpc) is 2.90. The highest BCUT2D eigenvalue weighted by Gasteiger charge is 2.09. The number of hydrogen-bond donors (Lipinski definition) is 2. The number of amides is 1. The van der Waals surface area contributed by atoms with E-state index in [1.165, 1.54) is 12.8 Å². The maximum absolute atomic E-state index is 11.7. The monoisotopic (exact) mass is 265 g/mol. The van der Waals surface area contributed by atoms with Gasteiger partial charge in [0.25, 0.3) is 0 Å². The van der Waals surface area contributed by atoms with Crippen LogP contribution < -0.4 is 11.1 Å². The van der Waals surface area contributed by atoms with Crippen molar-refractivity contribution >= 4 is 5.91 Å². The highest BCUT2D eigenvalue weighted by atomic mass is 16.1. The van der Waals surface area contributed by atoms with Crippen molar-refractivity contribution in [3.63, 3.8) is 0 Å². The number of carbonyl (C=O) groups is 1. The molecule has 1 unspecified atom stereocenters. The second-order valence-electron chi connectivity index (χ2n) is 5.04. The largest absolute Gasteiger partial charge is 0.354 e. The van der Waals surface area contributed by atoms with Crippen LogP contribution in [-0.4, -0.2) is 23.6 Å². The van der Waals surface area contributed by atoms with E-state index in [1.807, 2.05) is 24.5 Å². The van der Waals surface area contributed by atoms with Gasteiger partial charge >= 0.3 is 0 Å². The summed E-state index contributed by atoms with van der Waals surface area (Å²) in [5.41, 5.74) is 5.60. The van der Waals surface area contributed by atoms with Crippen molar-refractivity contribution < 1.29 is 4.79 Å².